The minimum atomic E-state index is 0.849. The molecular weight excluding hydrogens is 108 g/mol. The van der Waals surface area contributed by atoms with Crippen LogP contribution in [-0.2, 0) is 0 Å². The summed E-state index contributed by atoms with van der Waals surface area (Å²) in [6.45, 7) is 2.17. The molecule has 0 atom stereocenters. The van der Waals surface area contributed by atoms with Crippen molar-refractivity contribution in [1.29, 1.82) is 0 Å². The minimum Gasteiger partial charge on any atom is -0.0884 e. The van der Waals surface area contributed by atoms with Crippen LogP contribution in [0.3, 0.4) is 0 Å². The quantitative estimate of drug-likeness (QED) is 0.433. The molecule has 0 radical (unpaired) electrons. The molecule has 0 aliphatic heterocycles. The van der Waals surface area contributed by atoms with E-state index in [1.165, 1.54) is 32.1 Å². The monoisotopic (exact) mass is 122 g/mol. The maximum absolute atomic E-state index is 2.30. The average Bonchev–Trinajstić information content (AvgIpc) is 1.59. The molecule has 0 amide bonds. The third-order valence-corrected chi connectivity index (χ3v) is 3.03. The summed E-state index contributed by atoms with van der Waals surface area (Å²) in [5.74, 6) is 0. The molecule has 0 aromatic carbocycles. The van der Waals surface area contributed by atoms with Gasteiger partial charge < -0.3 is 0 Å². The van der Waals surface area contributed by atoms with Gasteiger partial charge in [0.1, 0.15) is 0 Å². The molecule has 2 rings (SSSR count). The Bertz CT molecular complexity index is 139. The van der Waals surface area contributed by atoms with Gasteiger partial charge in [-0.05, 0) is 38.0 Å². The van der Waals surface area contributed by atoms with E-state index in [4.69, 9.17) is 0 Å². The van der Waals surface area contributed by atoms with Crippen LogP contribution in [0.2, 0.25) is 0 Å². The van der Waals surface area contributed by atoms with Crippen LogP contribution < -0.4 is 0 Å². The van der Waals surface area contributed by atoms with Crippen LogP contribution in [0.1, 0.15) is 39.0 Å². The van der Waals surface area contributed by atoms with Crippen molar-refractivity contribution in [1.82, 2.24) is 0 Å². The Morgan fingerprint density at radius 3 is 2.33 bits per heavy atom. The topological polar surface area (TPSA) is 0 Å². The fourth-order valence-electron chi connectivity index (χ4n) is 2.15. The molecule has 0 nitrogen and oxygen atoms in total. The highest BCUT2D eigenvalue weighted by atomic mass is 14.5. The third-order valence-electron chi connectivity index (χ3n) is 3.03. The van der Waals surface area contributed by atoms with Crippen LogP contribution in [0, 0.1) is 5.41 Å². The highest BCUT2D eigenvalue weighted by molar-refractivity contribution is 5.20. The second kappa shape index (κ2) is 1.62. The van der Waals surface area contributed by atoms with E-state index < -0.39 is 0 Å². The van der Waals surface area contributed by atoms with E-state index in [1.807, 2.05) is 0 Å². The average molecular weight is 122 g/mol. The predicted octanol–water partition coefficient (Wildman–Crippen LogP) is 2.90. The van der Waals surface area contributed by atoms with E-state index >= 15 is 0 Å². The first-order valence-electron chi connectivity index (χ1n) is 3.99. The molecule has 2 aliphatic carbocycles. The third kappa shape index (κ3) is 0.654. The lowest BCUT2D eigenvalue weighted by atomic mass is 9.54. The highest BCUT2D eigenvalue weighted by Crippen LogP contribution is 2.58. The Labute approximate surface area is 57.0 Å². The van der Waals surface area contributed by atoms with Crippen molar-refractivity contribution in [2.24, 2.45) is 5.41 Å². The van der Waals surface area contributed by atoms with Crippen molar-refractivity contribution >= 4 is 0 Å². The van der Waals surface area contributed by atoms with Crippen molar-refractivity contribution in [3.63, 3.8) is 0 Å². The van der Waals surface area contributed by atoms with Gasteiger partial charge >= 0.3 is 0 Å². The van der Waals surface area contributed by atoms with E-state index in [-0.39, 0.29) is 0 Å². The van der Waals surface area contributed by atoms with E-state index in [9.17, 15) is 0 Å². The molecule has 0 heterocycles. The number of allylic oxidation sites excluding steroid dienone is 2. The van der Waals surface area contributed by atoms with E-state index in [0.717, 1.165) is 5.41 Å². The Kier molecular flexibility index (Phi) is 0.992. The summed E-state index contributed by atoms with van der Waals surface area (Å²) in [6, 6.07) is 0. The zero-order valence-corrected chi connectivity index (χ0v) is 6.11. The van der Waals surface area contributed by atoms with E-state index in [1.54, 1.807) is 5.57 Å². The minimum absolute atomic E-state index is 0.849. The largest absolute Gasteiger partial charge is 0.0884 e. The first kappa shape index (κ1) is 5.52. The summed E-state index contributed by atoms with van der Waals surface area (Å²) in [5.41, 5.74) is 2.55. The molecule has 50 valence electrons. The SMILES string of the molecule is CC=C1CC2(CCC2)C1. The van der Waals surface area contributed by atoms with Crippen molar-refractivity contribution in [3.8, 4) is 0 Å². The molecule has 0 bridgehead atoms. The molecule has 0 heteroatoms. The van der Waals surface area contributed by atoms with Gasteiger partial charge in [0.25, 0.3) is 0 Å². The molecule has 2 aliphatic rings. The molecule has 0 aromatic rings. The van der Waals surface area contributed by atoms with Gasteiger partial charge in [0.2, 0.25) is 0 Å². The standard InChI is InChI=1S/C9H14/c1-2-8-6-9(7-8)4-3-5-9/h2H,3-7H2,1H3. The van der Waals surface area contributed by atoms with Gasteiger partial charge in [0.05, 0.1) is 0 Å². The Morgan fingerprint density at radius 1 is 1.33 bits per heavy atom. The zero-order valence-electron chi connectivity index (χ0n) is 6.11. The van der Waals surface area contributed by atoms with Gasteiger partial charge in [-0.3, -0.25) is 0 Å². The number of rotatable bonds is 0. The second-order valence-electron chi connectivity index (χ2n) is 3.65. The van der Waals surface area contributed by atoms with Gasteiger partial charge in [-0.15, -0.1) is 0 Å². The first-order chi connectivity index (χ1) is 4.35. The normalized spacial score (nSPS) is 29.2. The molecule has 0 unspecified atom stereocenters. The molecule has 0 saturated heterocycles. The van der Waals surface area contributed by atoms with Crippen molar-refractivity contribution < 1.29 is 0 Å². The van der Waals surface area contributed by atoms with Crippen molar-refractivity contribution in [2.75, 3.05) is 0 Å². The smallest absolute Gasteiger partial charge is 0.0223 e. The lowest BCUT2D eigenvalue weighted by Gasteiger charge is -2.51. The van der Waals surface area contributed by atoms with Crippen LogP contribution in [-0.4, -0.2) is 0 Å². The van der Waals surface area contributed by atoms with Crippen LogP contribution in [0.25, 0.3) is 0 Å². The molecule has 0 aromatic heterocycles. The Balaban J connectivity index is 1.96. The number of hydrogen-bond acceptors (Lipinski definition) is 0. The maximum Gasteiger partial charge on any atom is -0.0223 e. The van der Waals surface area contributed by atoms with Gasteiger partial charge in [-0.2, -0.15) is 0 Å². The summed E-state index contributed by atoms with van der Waals surface area (Å²) < 4.78 is 0. The molecule has 2 saturated carbocycles. The predicted molar refractivity (Wildman–Crippen MR) is 39.3 cm³/mol. The second-order valence-corrected chi connectivity index (χ2v) is 3.65. The molecule has 0 N–H and O–H groups in total. The van der Waals surface area contributed by atoms with Crippen LogP contribution in [0.4, 0.5) is 0 Å². The fourth-order valence-corrected chi connectivity index (χ4v) is 2.15. The molecule has 2 fully saturated rings. The van der Waals surface area contributed by atoms with E-state index in [2.05, 4.69) is 13.0 Å². The summed E-state index contributed by atoms with van der Waals surface area (Å²) in [6.07, 6.45) is 9.70. The first-order valence-corrected chi connectivity index (χ1v) is 3.99. The summed E-state index contributed by atoms with van der Waals surface area (Å²) >= 11 is 0. The fraction of sp³-hybridized carbons (Fsp3) is 0.778. The van der Waals surface area contributed by atoms with Crippen molar-refractivity contribution in [3.05, 3.63) is 11.6 Å². The summed E-state index contributed by atoms with van der Waals surface area (Å²) in [7, 11) is 0. The molecule has 9 heavy (non-hydrogen) atoms. The van der Waals surface area contributed by atoms with Crippen LogP contribution >= 0.6 is 0 Å². The summed E-state index contributed by atoms with van der Waals surface area (Å²) in [5, 5.41) is 0. The van der Waals surface area contributed by atoms with Gasteiger partial charge in [-0.25, -0.2) is 0 Å². The van der Waals surface area contributed by atoms with Gasteiger partial charge in [0.15, 0.2) is 0 Å². The van der Waals surface area contributed by atoms with Gasteiger partial charge in [0, 0.05) is 0 Å². The van der Waals surface area contributed by atoms with Crippen molar-refractivity contribution in [2.45, 2.75) is 39.0 Å². The van der Waals surface area contributed by atoms with Crippen LogP contribution in [0.15, 0.2) is 11.6 Å². The van der Waals surface area contributed by atoms with Crippen LogP contribution in [0.5, 0.6) is 0 Å². The zero-order chi connectivity index (χ0) is 6.32. The number of hydrogen-bond donors (Lipinski definition) is 0. The lowest BCUT2D eigenvalue weighted by Crippen LogP contribution is -2.37. The Hall–Kier alpha value is -0.260. The summed E-state index contributed by atoms with van der Waals surface area (Å²) in [4.78, 5) is 0. The molecular formula is C9H14. The van der Waals surface area contributed by atoms with Gasteiger partial charge in [-0.1, -0.05) is 18.1 Å². The lowest BCUT2D eigenvalue weighted by molar-refractivity contribution is 0.0804. The highest BCUT2D eigenvalue weighted by Gasteiger charge is 2.44. The maximum atomic E-state index is 2.30. The Morgan fingerprint density at radius 2 is 2.00 bits per heavy atom. The molecule has 1 spiro atoms. The van der Waals surface area contributed by atoms with E-state index in [0.29, 0.717) is 0 Å².